The number of benzene rings is 1. The second-order valence-electron chi connectivity index (χ2n) is 6.57. The molecule has 0 radical (unpaired) electrons. The van der Waals surface area contributed by atoms with Gasteiger partial charge in [0.15, 0.2) is 0 Å². The Morgan fingerprint density at radius 1 is 1.21 bits per heavy atom. The summed E-state index contributed by atoms with van der Waals surface area (Å²) in [6, 6.07) is 5.16. The van der Waals surface area contributed by atoms with E-state index in [1.54, 1.807) is 6.07 Å². The summed E-state index contributed by atoms with van der Waals surface area (Å²) in [7, 11) is -1.45. The van der Waals surface area contributed by atoms with Gasteiger partial charge in [-0.05, 0) is 26.0 Å². The monoisotopic (exact) mass is 273 g/mol. The molecule has 1 aliphatic heterocycles. The maximum Gasteiger partial charge on any atom is 0.130 e. The Balaban J connectivity index is 2.73. The minimum atomic E-state index is -1.45. The highest BCUT2D eigenvalue weighted by atomic mass is 28.3. The number of halogens is 1. The number of hydrogen-bond acceptors (Lipinski definition) is 1. The van der Waals surface area contributed by atoms with Crippen molar-refractivity contribution in [3.63, 3.8) is 0 Å². The van der Waals surface area contributed by atoms with Crippen molar-refractivity contribution in [1.29, 1.82) is 0 Å². The zero-order valence-corrected chi connectivity index (χ0v) is 13.2. The van der Waals surface area contributed by atoms with E-state index in [4.69, 9.17) is 0 Å². The molecule has 0 atom stereocenters. The molecule has 1 nitrogen and oxygen atoms in total. The molecule has 2 rings (SSSR count). The predicted octanol–water partition coefficient (Wildman–Crippen LogP) is 1.98. The van der Waals surface area contributed by atoms with Crippen molar-refractivity contribution in [2.45, 2.75) is 39.0 Å². The van der Waals surface area contributed by atoms with Crippen LogP contribution in [0.4, 0.5) is 4.39 Å². The minimum Gasteiger partial charge on any atom is -0.369 e. The SMILES string of the molecule is CC1(C)C=c2c(F)cccc2=C(C#C[Si](C)(C)C)N1. The van der Waals surface area contributed by atoms with Gasteiger partial charge in [-0.1, -0.05) is 37.7 Å². The summed E-state index contributed by atoms with van der Waals surface area (Å²) in [5.41, 5.74) is 3.90. The van der Waals surface area contributed by atoms with Gasteiger partial charge in [-0.15, -0.1) is 5.54 Å². The zero-order chi connectivity index (χ0) is 14.3. The Bertz CT molecular complexity index is 684. The summed E-state index contributed by atoms with van der Waals surface area (Å²) < 4.78 is 14.0. The molecular formula is C16H20FNSi. The van der Waals surface area contributed by atoms with Gasteiger partial charge in [-0.25, -0.2) is 4.39 Å². The zero-order valence-electron chi connectivity index (χ0n) is 12.2. The van der Waals surface area contributed by atoms with E-state index in [2.05, 4.69) is 36.4 Å². The first kappa shape index (κ1) is 13.9. The van der Waals surface area contributed by atoms with E-state index >= 15 is 0 Å². The molecule has 3 heteroatoms. The molecule has 19 heavy (non-hydrogen) atoms. The van der Waals surface area contributed by atoms with E-state index in [0.29, 0.717) is 5.22 Å². The topological polar surface area (TPSA) is 12.0 Å². The predicted molar refractivity (Wildman–Crippen MR) is 81.9 cm³/mol. The second-order valence-corrected chi connectivity index (χ2v) is 11.3. The third-order valence-electron chi connectivity index (χ3n) is 2.84. The molecule has 0 aromatic heterocycles. The van der Waals surface area contributed by atoms with Crippen LogP contribution in [-0.2, 0) is 0 Å². The van der Waals surface area contributed by atoms with Crippen molar-refractivity contribution in [2.75, 3.05) is 0 Å². The molecule has 1 aromatic carbocycles. The van der Waals surface area contributed by atoms with Crippen LogP contribution in [0, 0.1) is 17.3 Å². The maximum atomic E-state index is 14.0. The summed E-state index contributed by atoms with van der Waals surface area (Å²) >= 11 is 0. The van der Waals surface area contributed by atoms with Crippen LogP contribution < -0.4 is 15.8 Å². The van der Waals surface area contributed by atoms with Crippen LogP contribution >= 0.6 is 0 Å². The number of fused-ring (bicyclic) bond motifs is 1. The molecule has 0 saturated heterocycles. The molecule has 1 aliphatic rings. The maximum absolute atomic E-state index is 14.0. The van der Waals surface area contributed by atoms with Crippen LogP contribution in [0.3, 0.4) is 0 Å². The number of nitrogens with one attached hydrogen (secondary N) is 1. The van der Waals surface area contributed by atoms with E-state index < -0.39 is 8.07 Å². The first-order valence-corrected chi connectivity index (χ1v) is 10.0. The fourth-order valence-corrected chi connectivity index (χ4v) is 2.54. The molecule has 0 saturated carbocycles. The van der Waals surface area contributed by atoms with Crippen LogP contribution in [-0.4, -0.2) is 13.6 Å². The van der Waals surface area contributed by atoms with E-state index in [0.717, 1.165) is 10.9 Å². The lowest BCUT2D eigenvalue weighted by Crippen LogP contribution is -2.49. The van der Waals surface area contributed by atoms with Crippen LogP contribution in [0.1, 0.15) is 13.8 Å². The highest BCUT2D eigenvalue weighted by molar-refractivity contribution is 6.84. The molecular weight excluding hydrogens is 253 g/mol. The molecule has 100 valence electrons. The normalized spacial score (nSPS) is 16.6. The molecule has 1 heterocycles. The van der Waals surface area contributed by atoms with Gasteiger partial charge in [-0.2, -0.15) is 0 Å². The fourth-order valence-electron chi connectivity index (χ4n) is 2.04. The Hall–Kier alpha value is -1.53. The Morgan fingerprint density at radius 2 is 1.89 bits per heavy atom. The standard InChI is InChI=1S/C16H20FNSi/c1-16(2)11-13-12(7-6-8-14(13)17)15(18-16)9-10-19(3,4)5/h6-8,11,18H,1-5H3. The molecule has 0 aliphatic carbocycles. The van der Waals surface area contributed by atoms with Gasteiger partial charge in [0.05, 0.1) is 11.2 Å². The van der Waals surface area contributed by atoms with Crippen LogP contribution in [0.5, 0.6) is 0 Å². The van der Waals surface area contributed by atoms with Crippen LogP contribution in [0.2, 0.25) is 19.6 Å². The average molecular weight is 273 g/mol. The Morgan fingerprint density at radius 3 is 2.53 bits per heavy atom. The summed E-state index contributed by atoms with van der Waals surface area (Å²) in [5, 5.41) is 4.92. The van der Waals surface area contributed by atoms with E-state index in [-0.39, 0.29) is 11.4 Å². The molecule has 0 bridgehead atoms. The molecule has 1 aromatic rings. The molecule has 0 fully saturated rings. The van der Waals surface area contributed by atoms with Crippen molar-refractivity contribution >= 4 is 19.8 Å². The van der Waals surface area contributed by atoms with Crippen molar-refractivity contribution < 1.29 is 4.39 Å². The van der Waals surface area contributed by atoms with E-state index in [1.807, 2.05) is 26.0 Å². The van der Waals surface area contributed by atoms with Gasteiger partial charge in [0.25, 0.3) is 0 Å². The highest BCUT2D eigenvalue weighted by Crippen LogP contribution is 2.10. The van der Waals surface area contributed by atoms with Crippen LogP contribution in [0.25, 0.3) is 11.8 Å². The lowest BCUT2D eigenvalue weighted by atomic mass is 9.97. The third kappa shape index (κ3) is 3.27. The van der Waals surface area contributed by atoms with Crippen molar-refractivity contribution in [1.82, 2.24) is 5.32 Å². The van der Waals surface area contributed by atoms with Crippen LogP contribution in [0.15, 0.2) is 18.2 Å². The van der Waals surface area contributed by atoms with Gasteiger partial charge in [0.2, 0.25) is 0 Å². The highest BCUT2D eigenvalue weighted by Gasteiger charge is 2.20. The van der Waals surface area contributed by atoms with E-state index in [1.165, 1.54) is 6.07 Å². The van der Waals surface area contributed by atoms with E-state index in [9.17, 15) is 4.39 Å². The quantitative estimate of drug-likeness (QED) is 0.563. The minimum absolute atomic E-state index is 0.181. The lowest BCUT2D eigenvalue weighted by molar-refractivity contribution is 0.575. The van der Waals surface area contributed by atoms with Crippen molar-refractivity contribution in [3.05, 3.63) is 34.5 Å². The number of rotatable bonds is 0. The van der Waals surface area contributed by atoms with Gasteiger partial charge in [0.1, 0.15) is 13.9 Å². The largest absolute Gasteiger partial charge is 0.369 e. The molecule has 0 amide bonds. The number of hydrogen-bond donors (Lipinski definition) is 1. The summed E-state index contributed by atoms with van der Waals surface area (Å²) in [5.74, 6) is 3.05. The van der Waals surface area contributed by atoms with Gasteiger partial charge in [0, 0.05) is 10.4 Å². The average Bonchev–Trinajstić information content (AvgIpc) is 2.25. The Kier molecular flexibility index (Phi) is 3.32. The molecule has 0 unspecified atom stereocenters. The fraction of sp³-hybridized carbons (Fsp3) is 0.375. The van der Waals surface area contributed by atoms with Gasteiger partial charge in [-0.3, -0.25) is 0 Å². The first-order chi connectivity index (χ1) is 8.68. The second kappa shape index (κ2) is 4.54. The third-order valence-corrected chi connectivity index (χ3v) is 3.71. The summed E-state index contributed by atoms with van der Waals surface area (Å²) in [6.07, 6.45) is 1.93. The molecule has 0 spiro atoms. The first-order valence-electron chi connectivity index (χ1n) is 6.51. The molecule has 1 N–H and O–H groups in total. The van der Waals surface area contributed by atoms with Crippen molar-refractivity contribution in [3.8, 4) is 11.5 Å². The summed E-state index contributed by atoms with van der Waals surface area (Å²) in [6.45, 7) is 10.7. The Labute approximate surface area is 115 Å². The van der Waals surface area contributed by atoms with Gasteiger partial charge < -0.3 is 5.32 Å². The smallest absolute Gasteiger partial charge is 0.130 e. The van der Waals surface area contributed by atoms with Crippen molar-refractivity contribution in [2.24, 2.45) is 0 Å². The van der Waals surface area contributed by atoms with Gasteiger partial charge >= 0.3 is 0 Å². The lowest BCUT2D eigenvalue weighted by Gasteiger charge is -2.27. The summed E-state index contributed by atoms with van der Waals surface area (Å²) in [4.78, 5) is 0.